The highest BCUT2D eigenvalue weighted by Crippen LogP contribution is 2.26. The molecule has 1 saturated heterocycles. The van der Waals surface area contributed by atoms with E-state index < -0.39 is 23.8 Å². The lowest BCUT2D eigenvalue weighted by Gasteiger charge is -2.16. The molecule has 6 heteroatoms. The number of methoxy groups -OCH3 is 1. The van der Waals surface area contributed by atoms with Gasteiger partial charge in [-0.05, 0) is 35.4 Å². The van der Waals surface area contributed by atoms with Gasteiger partial charge >= 0.3 is 6.09 Å². The normalized spacial score (nSPS) is 15.7. The summed E-state index contributed by atoms with van der Waals surface area (Å²) in [5, 5.41) is 1.92. The zero-order valence-electron chi connectivity index (χ0n) is 12.7. The standard InChI is InChI=1S/C17H15NO5/c1-10(16(20)18-15(19)9-23-17(18)21)11-3-4-13-8-14(22-2)6-5-12(13)7-11/h3-8,10H,9H2,1-2H3/t10-/m0/s1. The summed E-state index contributed by atoms with van der Waals surface area (Å²) >= 11 is 0. The molecule has 0 aromatic heterocycles. The van der Waals surface area contributed by atoms with E-state index in [1.807, 2.05) is 30.3 Å². The number of rotatable bonds is 3. The average Bonchev–Trinajstić information content (AvgIpc) is 2.91. The second-order valence-electron chi connectivity index (χ2n) is 5.32. The Bertz CT molecular complexity index is 798. The molecule has 0 N–H and O–H groups in total. The van der Waals surface area contributed by atoms with E-state index in [2.05, 4.69) is 4.74 Å². The lowest BCUT2D eigenvalue weighted by Crippen LogP contribution is -2.38. The Morgan fingerprint density at radius 3 is 2.52 bits per heavy atom. The molecule has 0 unspecified atom stereocenters. The molecule has 3 amide bonds. The monoisotopic (exact) mass is 313 g/mol. The lowest BCUT2D eigenvalue weighted by atomic mass is 9.96. The molecule has 1 aliphatic rings. The van der Waals surface area contributed by atoms with Gasteiger partial charge in [-0.3, -0.25) is 9.59 Å². The van der Waals surface area contributed by atoms with Crippen LogP contribution in [0, 0.1) is 0 Å². The minimum absolute atomic E-state index is 0.380. The molecule has 0 spiro atoms. The molecule has 0 bridgehead atoms. The summed E-state index contributed by atoms with van der Waals surface area (Å²) < 4.78 is 9.76. The van der Waals surface area contributed by atoms with E-state index in [1.165, 1.54) is 0 Å². The van der Waals surface area contributed by atoms with Crippen molar-refractivity contribution in [2.24, 2.45) is 0 Å². The highest BCUT2D eigenvalue weighted by Gasteiger charge is 2.39. The summed E-state index contributed by atoms with van der Waals surface area (Å²) in [6.07, 6.45) is -0.905. The van der Waals surface area contributed by atoms with Crippen molar-refractivity contribution in [3.8, 4) is 5.75 Å². The third-order valence-electron chi connectivity index (χ3n) is 3.91. The fourth-order valence-electron chi connectivity index (χ4n) is 2.54. The van der Waals surface area contributed by atoms with Crippen LogP contribution >= 0.6 is 0 Å². The van der Waals surface area contributed by atoms with Gasteiger partial charge in [-0.2, -0.15) is 4.90 Å². The summed E-state index contributed by atoms with van der Waals surface area (Å²) in [5.41, 5.74) is 0.722. The smallest absolute Gasteiger partial charge is 0.424 e. The van der Waals surface area contributed by atoms with Gasteiger partial charge in [-0.25, -0.2) is 4.79 Å². The molecule has 1 aliphatic heterocycles. The van der Waals surface area contributed by atoms with E-state index in [0.29, 0.717) is 4.90 Å². The van der Waals surface area contributed by atoms with Crippen LogP contribution < -0.4 is 4.74 Å². The Kier molecular flexibility index (Phi) is 3.73. The predicted molar refractivity (Wildman–Crippen MR) is 82.1 cm³/mol. The van der Waals surface area contributed by atoms with Gasteiger partial charge in [-0.1, -0.05) is 24.3 Å². The van der Waals surface area contributed by atoms with E-state index >= 15 is 0 Å². The van der Waals surface area contributed by atoms with Crippen LogP contribution in [-0.2, 0) is 14.3 Å². The van der Waals surface area contributed by atoms with Crippen LogP contribution in [0.25, 0.3) is 10.8 Å². The maximum absolute atomic E-state index is 12.4. The van der Waals surface area contributed by atoms with Crippen molar-refractivity contribution in [1.29, 1.82) is 0 Å². The van der Waals surface area contributed by atoms with Crippen molar-refractivity contribution in [1.82, 2.24) is 4.90 Å². The quantitative estimate of drug-likeness (QED) is 0.870. The van der Waals surface area contributed by atoms with E-state index in [1.54, 1.807) is 20.1 Å². The van der Waals surface area contributed by atoms with Crippen molar-refractivity contribution >= 4 is 28.7 Å². The van der Waals surface area contributed by atoms with E-state index in [0.717, 1.165) is 22.1 Å². The zero-order chi connectivity index (χ0) is 16.6. The molecule has 1 fully saturated rings. The van der Waals surface area contributed by atoms with Gasteiger partial charge in [0.15, 0.2) is 6.61 Å². The summed E-state index contributed by atoms with van der Waals surface area (Å²) in [6, 6.07) is 11.2. The first-order valence-corrected chi connectivity index (χ1v) is 7.12. The number of carbonyl (C=O) groups excluding carboxylic acids is 3. The molecule has 2 aromatic carbocycles. The number of benzene rings is 2. The number of hydrogen-bond acceptors (Lipinski definition) is 5. The van der Waals surface area contributed by atoms with Crippen LogP contribution in [0.2, 0.25) is 0 Å². The molecule has 0 radical (unpaired) electrons. The Morgan fingerprint density at radius 2 is 1.87 bits per heavy atom. The van der Waals surface area contributed by atoms with E-state index in [9.17, 15) is 14.4 Å². The first-order valence-electron chi connectivity index (χ1n) is 7.12. The number of fused-ring (bicyclic) bond motifs is 1. The highest BCUT2D eigenvalue weighted by molar-refractivity contribution is 6.13. The maximum Gasteiger partial charge on any atom is 0.424 e. The molecule has 1 atom stereocenters. The molecule has 118 valence electrons. The van der Waals surface area contributed by atoms with Gasteiger partial charge < -0.3 is 9.47 Å². The highest BCUT2D eigenvalue weighted by atomic mass is 16.6. The molecule has 1 heterocycles. The second kappa shape index (κ2) is 5.72. The molecule has 3 rings (SSSR count). The predicted octanol–water partition coefficient (Wildman–Crippen LogP) is 2.46. The number of amides is 3. The van der Waals surface area contributed by atoms with Crippen molar-refractivity contribution in [2.75, 3.05) is 13.7 Å². The van der Waals surface area contributed by atoms with Crippen molar-refractivity contribution in [3.63, 3.8) is 0 Å². The Labute approximate surface area is 132 Å². The number of carbonyl (C=O) groups is 3. The van der Waals surface area contributed by atoms with Gasteiger partial charge in [0.05, 0.1) is 13.0 Å². The maximum atomic E-state index is 12.4. The summed E-state index contributed by atoms with van der Waals surface area (Å²) in [5.74, 6) is -1.08. The van der Waals surface area contributed by atoms with Crippen molar-refractivity contribution < 1.29 is 23.9 Å². The van der Waals surface area contributed by atoms with Gasteiger partial charge in [0, 0.05) is 0 Å². The lowest BCUT2D eigenvalue weighted by molar-refractivity contribution is -0.139. The first-order chi connectivity index (χ1) is 11.0. The van der Waals surface area contributed by atoms with Crippen LogP contribution in [0.5, 0.6) is 5.75 Å². The van der Waals surface area contributed by atoms with Gasteiger partial charge in [0.1, 0.15) is 5.75 Å². The zero-order valence-corrected chi connectivity index (χ0v) is 12.7. The van der Waals surface area contributed by atoms with Crippen LogP contribution in [0.3, 0.4) is 0 Å². The Balaban J connectivity index is 1.91. The molecule has 6 nitrogen and oxygen atoms in total. The van der Waals surface area contributed by atoms with Crippen molar-refractivity contribution in [3.05, 3.63) is 42.0 Å². The number of cyclic esters (lactones) is 1. The molecule has 2 aromatic rings. The van der Waals surface area contributed by atoms with Crippen LogP contribution in [0.1, 0.15) is 18.4 Å². The largest absolute Gasteiger partial charge is 0.497 e. The number of nitrogens with zero attached hydrogens (tertiary/aromatic N) is 1. The topological polar surface area (TPSA) is 72.9 Å². The third-order valence-corrected chi connectivity index (χ3v) is 3.91. The minimum Gasteiger partial charge on any atom is -0.497 e. The summed E-state index contributed by atoms with van der Waals surface area (Å²) in [6.45, 7) is 1.28. The molecule has 0 saturated carbocycles. The summed E-state index contributed by atoms with van der Waals surface area (Å²) in [4.78, 5) is 36.0. The van der Waals surface area contributed by atoms with Gasteiger partial charge in [-0.15, -0.1) is 0 Å². The van der Waals surface area contributed by atoms with Crippen LogP contribution in [-0.4, -0.2) is 36.5 Å². The fourth-order valence-corrected chi connectivity index (χ4v) is 2.54. The Hall–Kier alpha value is -2.89. The molecule has 0 aliphatic carbocycles. The fraction of sp³-hybridized carbons (Fsp3) is 0.235. The third kappa shape index (κ3) is 2.63. The SMILES string of the molecule is COc1ccc2cc([C@H](C)C(=O)N3C(=O)COC3=O)ccc2c1. The first kappa shape index (κ1) is 15.0. The van der Waals surface area contributed by atoms with Crippen LogP contribution in [0.15, 0.2) is 36.4 Å². The Morgan fingerprint density at radius 1 is 1.17 bits per heavy atom. The average molecular weight is 313 g/mol. The van der Waals surface area contributed by atoms with Gasteiger partial charge in [0.25, 0.3) is 5.91 Å². The minimum atomic E-state index is -0.905. The second-order valence-corrected chi connectivity index (χ2v) is 5.32. The van der Waals surface area contributed by atoms with Gasteiger partial charge in [0.2, 0.25) is 5.91 Å². The van der Waals surface area contributed by atoms with E-state index in [-0.39, 0.29) is 6.61 Å². The van der Waals surface area contributed by atoms with Crippen molar-refractivity contribution in [2.45, 2.75) is 12.8 Å². The number of ether oxygens (including phenoxy) is 2. The molecular formula is C17H15NO5. The number of imide groups is 3. The molecule has 23 heavy (non-hydrogen) atoms. The summed E-state index contributed by atoms with van der Waals surface area (Å²) in [7, 11) is 1.60. The van der Waals surface area contributed by atoms with Crippen LogP contribution in [0.4, 0.5) is 4.79 Å². The molecular weight excluding hydrogens is 298 g/mol. The van der Waals surface area contributed by atoms with E-state index in [4.69, 9.17) is 4.74 Å². The number of hydrogen-bond donors (Lipinski definition) is 0.